The van der Waals surface area contributed by atoms with Crippen LogP contribution >= 0.6 is 23.4 Å². The molecule has 7 nitrogen and oxygen atoms in total. The van der Waals surface area contributed by atoms with Gasteiger partial charge >= 0.3 is 6.18 Å². The maximum Gasteiger partial charge on any atom is 0.416 e. The maximum atomic E-state index is 13.1. The molecule has 210 valence electrons. The Morgan fingerprint density at radius 2 is 1.66 bits per heavy atom. The van der Waals surface area contributed by atoms with Crippen molar-refractivity contribution in [1.29, 1.82) is 0 Å². The zero-order valence-electron chi connectivity index (χ0n) is 20.7. The first-order valence-corrected chi connectivity index (χ1v) is 14.5. The van der Waals surface area contributed by atoms with E-state index >= 15 is 0 Å². The second kappa shape index (κ2) is 10.9. The number of furan rings is 1. The molecule has 2 N–H and O–H groups in total. The third-order valence-corrected chi connectivity index (χ3v) is 8.34. The summed E-state index contributed by atoms with van der Waals surface area (Å²) in [5, 5.41) is 4.86. The molecule has 0 unspecified atom stereocenters. The second-order valence-electron chi connectivity index (χ2n) is 8.90. The highest BCUT2D eigenvalue weighted by Crippen LogP contribution is 2.38. The van der Waals surface area contributed by atoms with Crippen LogP contribution in [0.3, 0.4) is 0 Å². The SMILES string of the molecule is NS(=O)(=O)c1ccccc1-c1ccc(CN2C(=O)S/C(=C\c3ccc(-c4cc(C(F)(F)F)ccc4Cl)o3)C2=O)cc1. The van der Waals surface area contributed by atoms with E-state index in [0.29, 0.717) is 28.5 Å². The van der Waals surface area contributed by atoms with Crippen molar-refractivity contribution in [3.8, 4) is 22.5 Å². The van der Waals surface area contributed by atoms with E-state index in [1.165, 1.54) is 24.3 Å². The summed E-state index contributed by atoms with van der Waals surface area (Å²) in [6.45, 7) is -0.0393. The zero-order valence-corrected chi connectivity index (χ0v) is 23.1. The van der Waals surface area contributed by atoms with Gasteiger partial charge in [-0.2, -0.15) is 13.2 Å². The monoisotopic (exact) mass is 618 g/mol. The number of benzene rings is 3. The molecule has 41 heavy (non-hydrogen) atoms. The fraction of sp³-hybridized carbons (Fsp3) is 0.0714. The largest absolute Gasteiger partial charge is 0.457 e. The van der Waals surface area contributed by atoms with E-state index < -0.39 is 32.9 Å². The fourth-order valence-corrected chi connectivity index (χ4v) is 5.95. The van der Waals surface area contributed by atoms with Gasteiger partial charge in [0.05, 0.1) is 26.9 Å². The Morgan fingerprint density at radius 1 is 0.951 bits per heavy atom. The second-order valence-corrected chi connectivity index (χ2v) is 11.8. The summed E-state index contributed by atoms with van der Waals surface area (Å²) in [5.41, 5.74) is 0.758. The molecule has 0 spiro atoms. The molecule has 1 saturated heterocycles. The van der Waals surface area contributed by atoms with Crippen molar-refractivity contribution >= 4 is 50.6 Å². The van der Waals surface area contributed by atoms with Gasteiger partial charge in [-0.05, 0) is 59.3 Å². The van der Waals surface area contributed by atoms with Crippen molar-refractivity contribution < 1.29 is 35.6 Å². The number of nitrogens with two attached hydrogens (primary N) is 1. The lowest BCUT2D eigenvalue weighted by Gasteiger charge is -2.13. The molecule has 1 aliphatic heterocycles. The van der Waals surface area contributed by atoms with Gasteiger partial charge in [-0.25, -0.2) is 13.6 Å². The number of amides is 2. The lowest BCUT2D eigenvalue weighted by atomic mass is 10.0. The molecule has 0 aliphatic carbocycles. The Kier molecular flexibility index (Phi) is 7.60. The number of rotatable bonds is 6. The fourth-order valence-electron chi connectivity index (χ4n) is 4.16. The molecule has 13 heteroatoms. The minimum absolute atomic E-state index is 0.0276. The number of hydrogen-bond acceptors (Lipinski definition) is 6. The van der Waals surface area contributed by atoms with Crippen LogP contribution in [0.5, 0.6) is 0 Å². The van der Waals surface area contributed by atoms with Gasteiger partial charge in [-0.1, -0.05) is 54.1 Å². The summed E-state index contributed by atoms with van der Waals surface area (Å²) in [6, 6.07) is 18.7. The summed E-state index contributed by atoms with van der Waals surface area (Å²) < 4.78 is 68.9. The normalized spacial score (nSPS) is 15.2. The summed E-state index contributed by atoms with van der Waals surface area (Å²) >= 11 is 6.78. The summed E-state index contributed by atoms with van der Waals surface area (Å²) in [4.78, 5) is 26.7. The van der Waals surface area contributed by atoms with Gasteiger partial charge in [0.15, 0.2) is 0 Å². The zero-order chi connectivity index (χ0) is 29.5. The van der Waals surface area contributed by atoms with Crippen LogP contribution in [0.4, 0.5) is 18.0 Å². The number of carbonyl (C=O) groups excluding carboxylic acids is 2. The Bertz CT molecular complexity index is 1820. The summed E-state index contributed by atoms with van der Waals surface area (Å²) in [7, 11) is -3.95. The molecular weight excluding hydrogens is 601 g/mol. The van der Waals surface area contributed by atoms with Crippen LogP contribution < -0.4 is 5.14 Å². The van der Waals surface area contributed by atoms with Gasteiger partial charge in [0.1, 0.15) is 11.5 Å². The predicted molar refractivity (Wildman–Crippen MR) is 149 cm³/mol. The minimum Gasteiger partial charge on any atom is -0.457 e. The quantitative estimate of drug-likeness (QED) is 0.229. The Labute approximate surface area is 241 Å². The van der Waals surface area contributed by atoms with Crippen molar-refractivity contribution in [1.82, 2.24) is 4.90 Å². The number of sulfonamides is 1. The molecule has 1 fully saturated rings. The van der Waals surface area contributed by atoms with Gasteiger partial charge in [0.2, 0.25) is 10.0 Å². The topological polar surface area (TPSA) is 111 Å². The third kappa shape index (κ3) is 6.10. The predicted octanol–water partition coefficient (Wildman–Crippen LogP) is 7.17. The van der Waals surface area contributed by atoms with Crippen LogP contribution in [0.1, 0.15) is 16.9 Å². The third-order valence-electron chi connectivity index (χ3n) is 6.13. The molecule has 0 atom stereocenters. The van der Waals surface area contributed by atoms with Gasteiger partial charge in [0, 0.05) is 17.2 Å². The van der Waals surface area contributed by atoms with Gasteiger partial charge in [-0.15, -0.1) is 0 Å². The highest BCUT2D eigenvalue weighted by molar-refractivity contribution is 8.18. The average molecular weight is 619 g/mol. The number of hydrogen-bond donors (Lipinski definition) is 1. The molecule has 0 bridgehead atoms. The van der Waals surface area contributed by atoms with Gasteiger partial charge < -0.3 is 4.42 Å². The van der Waals surface area contributed by atoms with E-state index in [2.05, 4.69) is 0 Å². The van der Waals surface area contributed by atoms with E-state index in [0.717, 1.165) is 23.1 Å². The number of imide groups is 1. The van der Waals surface area contributed by atoms with Crippen molar-refractivity contribution in [3.63, 3.8) is 0 Å². The van der Waals surface area contributed by atoms with Crippen LogP contribution in [0, 0.1) is 0 Å². The number of thioether (sulfide) groups is 1. The van der Waals surface area contributed by atoms with E-state index in [1.54, 1.807) is 42.5 Å². The first kappa shape index (κ1) is 28.7. The van der Waals surface area contributed by atoms with E-state index in [4.69, 9.17) is 21.2 Å². The van der Waals surface area contributed by atoms with Crippen LogP contribution in [-0.2, 0) is 27.5 Å². The first-order chi connectivity index (χ1) is 19.3. The van der Waals surface area contributed by atoms with Crippen LogP contribution in [0.15, 0.2) is 93.1 Å². The molecule has 1 aliphatic rings. The van der Waals surface area contributed by atoms with Crippen LogP contribution in [0.25, 0.3) is 28.5 Å². The van der Waals surface area contributed by atoms with Crippen molar-refractivity contribution in [2.24, 2.45) is 5.14 Å². The lowest BCUT2D eigenvalue weighted by molar-refractivity contribution is -0.137. The summed E-state index contributed by atoms with van der Waals surface area (Å²) in [6.07, 6.45) is -3.23. The van der Waals surface area contributed by atoms with Crippen molar-refractivity contribution in [2.75, 3.05) is 0 Å². The molecule has 2 amide bonds. The number of primary sulfonamides is 1. The van der Waals surface area contributed by atoms with E-state index in [-0.39, 0.29) is 38.5 Å². The average Bonchev–Trinajstić information content (AvgIpc) is 3.48. The number of carbonyl (C=O) groups is 2. The number of alkyl halides is 3. The number of halogens is 4. The van der Waals surface area contributed by atoms with E-state index in [1.807, 2.05) is 0 Å². The van der Waals surface area contributed by atoms with Crippen LogP contribution in [0.2, 0.25) is 5.02 Å². The van der Waals surface area contributed by atoms with Gasteiger partial charge in [-0.3, -0.25) is 14.5 Å². The summed E-state index contributed by atoms with van der Waals surface area (Å²) in [5.74, 6) is -0.355. The molecule has 4 aromatic rings. The smallest absolute Gasteiger partial charge is 0.416 e. The van der Waals surface area contributed by atoms with E-state index in [9.17, 15) is 31.2 Å². The molecule has 0 saturated carbocycles. The standard InChI is InChI=1S/C28H18ClF3N2O5S2/c29-22-11-9-18(28(30,31)32)13-21(22)23-12-10-19(39-23)14-24-26(35)34(27(36)40-24)15-16-5-7-17(8-6-16)20-3-1-2-4-25(20)41(33,37)38/h1-14H,15H2,(H2,33,37,38)/b24-14-. The molecular formula is C28H18ClF3N2O5S2. The lowest BCUT2D eigenvalue weighted by Crippen LogP contribution is -2.27. The highest BCUT2D eigenvalue weighted by Gasteiger charge is 2.35. The molecule has 5 rings (SSSR count). The number of nitrogens with zero attached hydrogens (tertiary/aromatic N) is 1. The molecule has 0 radical (unpaired) electrons. The molecule has 3 aromatic carbocycles. The van der Waals surface area contributed by atoms with Crippen molar-refractivity contribution in [2.45, 2.75) is 17.6 Å². The molecule has 1 aromatic heterocycles. The van der Waals surface area contributed by atoms with Crippen LogP contribution in [-0.4, -0.2) is 24.5 Å². The minimum atomic E-state index is -4.57. The molecule has 2 heterocycles. The van der Waals surface area contributed by atoms with Crippen molar-refractivity contribution in [3.05, 3.63) is 106 Å². The maximum absolute atomic E-state index is 13.1. The Balaban J connectivity index is 1.33. The van der Waals surface area contributed by atoms with Gasteiger partial charge in [0.25, 0.3) is 11.1 Å². The Morgan fingerprint density at radius 3 is 2.34 bits per heavy atom. The Hall–Kier alpha value is -3.84. The highest BCUT2D eigenvalue weighted by atomic mass is 35.5. The first-order valence-electron chi connectivity index (χ1n) is 11.7.